The number of hydrogen-bond acceptors (Lipinski definition) is 4. The Morgan fingerprint density at radius 1 is 1.42 bits per heavy atom. The fraction of sp³-hybridized carbons (Fsp3) is 0.250. The fourth-order valence-corrected chi connectivity index (χ4v) is 1.86. The Morgan fingerprint density at radius 3 is 2.68 bits per heavy atom. The topological polar surface area (TPSA) is 77.0 Å². The highest BCUT2D eigenvalue weighted by Gasteiger charge is 2.11. The fourth-order valence-electron chi connectivity index (χ4n) is 1.60. The molecule has 0 spiro atoms. The third-order valence-corrected chi connectivity index (χ3v) is 3.14. The van der Waals surface area contributed by atoms with Gasteiger partial charge in [-0.1, -0.05) is 28.1 Å². The molecular weight excluding hydrogens is 310 g/mol. The van der Waals surface area contributed by atoms with Crippen molar-refractivity contribution in [2.45, 2.75) is 13.1 Å². The quantitative estimate of drug-likeness (QED) is 0.919. The minimum absolute atomic E-state index is 0.0483. The van der Waals surface area contributed by atoms with E-state index in [-0.39, 0.29) is 18.4 Å². The normalized spacial score (nSPS) is 10.4. The van der Waals surface area contributed by atoms with Crippen molar-refractivity contribution < 1.29 is 4.79 Å². The number of hydrogen-bond donors (Lipinski definition) is 1. The van der Waals surface area contributed by atoms with Gasteiger partial charge in [0, 0.05) is 18.1 Å². The van der Waals surface area contributed by atoms with Crippen molar-refractivity contribution in [2.24, 2.45) is 0 Å². The first kappa shape index (κ1) is 13.5. The van der Waals surface area contributed by atoms with Crippen LogP contribution in [0.15, 0.2) is 35.1 Å². The van der Waals surface area contributed by atoms with Crippen LogP contribution >= 0.6 is 15.9 Å². The molecule has 0 aliphatic carbocycles. The Kier molecular flexibility index (Phi) is 4.16. The third kappa shape index (κ3) is 3.78. The molecule has 0 radical (unpaired) electrons. The zero-order valence-electron chi connectivity index (χ0n) is 10.5. The number of nitrogens with zero attached hydrogens (tertiary/aromatic N) is 4. The summed E-state index contributed by atoms with van der Waals surface area (Å²) < 4.78 is 2.44. The number of carbonyl (C=O) groups is 1. The predicted octanol–water partition coefficient (Wildman–Crippen LogP) is 1.28. The molecular formula is C12H14BrN5O. The van der Waals surface area contributed by atoms with Gasteiger partial charge in [-0.2, -0.15) is 0 Å². The van der Waals surface area contributed by atoms with Gasteiger partial charge in [0.2, 0.25) is 11.9 Å². The van der Waals surface area contributed by atoms with Gasteiger partial charge in [0.05, 0.1) is 0 Å². The first-order chi connectivity index (χ1) is 9.04. The molecule has 2 aromatic rings. The average molecular weight is 324 g/mol. The van der Waals surface area contributed by atoms with Crippen molar-refractivity contribution in [3.8, 4) is 0 Å². The second kappa shape index (κ2) is 5.83. The summed E-state index contributed by atoms with van der Waals surface area (Å²) in [5.74, 6) is 0.121. The van der Waals surface area contributed by atoms with Gasteiger partial charge in [-0.05, 0) is 17.7 Å². The Bertz CT molecular complexity index is 566. The lowest BCUT2D eigenvalue weighted by Crippen LogP contribution is -2.30. The molecule has 100 valence electrons. The summed E-state index contributed by atoms with van der Waals surface area (Å²) in [6, 6.07) is 7.85. The van der Waals surface area contributed by atoms with Crippen LogP contribution in [-0.4, -0.2) is 32.6 Å². The van der Waals surface area contributed by atoms with Crippen LogP contribution < -0.4 is 5.73 Å². The summed E-state index contributed by atoms with van der Waals surface area (Å²) in [4.78, 5) is 17.4. The van der Waals surface area contributed by atoms with Crippen molar-refractivity contribution >= 4 is 27.8 Å². The van der Waals surface area contributed by atoms with Crippen LogP contribution in [0.5, 0.6) is 0 Å². The van der Waals surface area contributed by atoms with Gasteiger partial charge >= 0.3 is 0 Å². The number of amides is 1. The first-order valence-corrected chi connectivity index (χ1v) is 6.47. The first-order valence-electron chi connectivity index (χ1n) is 5.68. The molecule has 1 aromatic carbocycles. The standard InChI is InChI=1S/C12H14BrN5O/c1-17(6-9-2-4-10(13)5-3-9)11(19)7-18-8-15-12(14)16-18/h2-5,8H,6-7H2,1H3,(H2,14,16). The summed E-state index contributed by atoms with van der Waals surface area (Å²) in [7, 11) is 1.75. The van der Waals surface area contributed by atoms with Crippen LogP contribution in [0.1, 0.15) is 5.56 Å². The molecule has 0 aliphatic rings. The van der Waals surface area contributed by atoms with E-state index >= 15 is 0 Å². The molecule has 2 N–H and O–H groups in total. The zero-order valence-corrected chi connectivity index (χ0v) is 12.0. The maximum absolute atomic E-state index is 12.0. The van der Waals surface area contributed by atoms with Crippen LogP contribution in [0.2, 0.25) is 0 Å². The Hall–Kier alpha value is -1.89. The van der Waals surface area contributed by atoms with Crippen LogP contribution in [-0.2, 0) is 17.9 Å². The van der Waals surface area contributed by atoms with Crippen LogP contribution in [0.4, 0.5) is 5.95 Å². The minimum atomic E-state index is -0.0483. The number of likely N-dealkylation sites (N-methyl/N-ethyl adjacent to an activating group) is 1. The SMILES string of the molecule is CN(Cc1ccc(Br)cc1)C(=O)Cn1cnc(N)n1. The molecule has 6 nitrogen and oxygen atoms in total. The van der Waals surface area contributed by atoms with Crippen LogP contribution in [0.3, 0.4) is 0 Å². The highest BCUT2D eigenvalue weighted by atomic mass is 79.9. The van der Waals surface area contributed by atoms with Crippen LogP contribution in [0, 0.1) is 0 Å². The van der Waals surface area contributed by atoms with Crippen molar-refractivity contribution in [1.29, 1.82) is 0 Å². The molecule has 0 saturated carbocycles. The highest BCUT2D eigenvalue weighted by molar-refractivity contribution is 9.10. The van der Waals surface area contributed by atoms with Gasteiger partial charge in [0.15, 0.2) is 0 Å². The number of nitrogen functional groups attached to an aromatic ring is 1. The lowest BCUT2D eigenvalue weighted by atomic mass is 10.2. The molecule has 2 rings (SSSR count). The lowest BCUT2D eigenvalue weighted by molar-refractivity contribution is -0.131. The molecule has 1 amide bonds. The van der Waals surface area contributed by atoms with Gasteiger partial charge in [0.25, 0.3) is 0 Å². The van der Waals surface area contributed by atoms with Crippen molar-refractivity contribution in [1.82, 2.24) is 19.7 Å². The molecule has 7 heteroatoms. The van der Waals surface area contributed by atoms with E-state index < -0.39 is 0 Å². The smallest absolute Gasteiger partial charge is 0.244 e. The predicted molar refractivity (Wildman–Crippen MR) is 75.1 cm³/mol. The number of halogens is 1. The van der Waals surface area contributed by atoms with E-state index in [4.69, 9.17) is 5.73 Å². The third-order valence-electron chi connectivity index (χ3n) is 2.61. The number of rotatable bonds is 4. The van der Waals surface area contributed by atoms with E-state index in [1.54, 1.807) is 11.9 Å². The molecule has 0 bridgehead atoms. The van der Waals surface area contributed by atoms with E-state index in [2.05, 4.69) is 26.0 Å². The van der Waals surface area contributed by atoms with Gasteiger partial charge < -0.3 is 10.6 Å². The summed E-state index contributed by atoms with van der Waals surface area (Å²) in [6.07, 6.45) is 1.45. The van der Waals surface area contributed by atoms with Gasteiger partial charge in [0.1, 0.15) is 12.9 Å². The molecule has 0 aliphatic heterocycles. The summed E-state index contributed by atoms with van der Waals surface area (Å²) in [5, 5.41) is 3.88. The monoisotopic (exact) mass is 323 g/mol. The second-order valence-electron chi connectivity index (χ2n) is 4.18. The summed E-state index contributed by atoms with van der Waals surface area (Å²) in [5.41, 5.74) is 6.46. The largest absolute Gasteiger partial charge is 0.367 e. The van der Waals surface area contributed by atoms with E-state index in [1.165, 1.54) is 11.0 Å². The lowest BCUT2D eigenvalue weighted by Gasteiger charge is -2.17. The average Bonchev–Trinajstić information content (AvgIpc) is 2.77. The number of carbonyl (C=O) groups excluding carboxylic acids is 1. The molecule has 1 aromatic heterocycles. The molecule has 19 heavy (non-hydrogen) atoms. The molecule has 0 atom stereocenters. The minimum Gasteiger partial charge on any atom is -0.367 e. The van der Waals surface area contributed by atoms with E-state index in [9.17, 15) is 4.79 Å². The maximum atomic E-state index is 12.0. The van der Waals surface area contributed by atoms with Crippen molar-refractivity contribution in [2.75, 3.05) is 12.8 Å². The van der Waals surface area contributed by atoms with E-state index in [0.29, 0.717) is 6.54 Å². The van der Waals surface area contributed by atoms with E-state index in [1.807, 2.05) is 24.3 Å². The summed E-state index contributed by atoms with van der Waals surface area (Å²) >= 11 is 3.38. The number of nitrogens with two attached hydrogens (primary N) is 1. The van der Waals surface area contributed by atoms with Crippen molar-refractivity contribution in [3.05, 3.63) is 40.6 Å². The maximum Gasteiger partial charge on any atom is 0.244 e. The molecule has 0 unspecified atom stereocenters. The van der Waals surface area contributed by atoms with Crippen LogP contribution in [0.25, 0.3) is 0 Å². The van der Waals surface area contributed by atoms with Crippen molar-refractivity contribution in [3.63, 3.8) is 0 Å². The molecule has 0 saturated heterocycles. The Labute approximate surface area is 119 Å². The number of anilines is 1. The number of aromatic nitrogens is 3. The van der Waals surface area contributed by atoms with Gasteiger partial charge in [-0.3, -0.25) is 4.79 Å². The highest BCUT2D eigenvalue weighted by Crippen LogP contribution is 2.11. The van der Waals surface area contributed by atoms with Gasteiger partial charge in [-0.15, -0.1) is 5.10 Å². The second-order valence-corrected chi connectivity index (χ2v) is 5.09. The molecule has 1 heterocycles. The summed E-state index contributed by atoms with van der Waals surface area (Å²) in [6.45, 7) is 0.688. The Morgan fingerprint density at radius 2 is 2.11 bits per heavy atom. The van der Waals surface area contributed by atoms with E-state index in [0.717, 1.165) is 10.0 Å². The Balaban J connectivity index is 1.94. The molecule has 0 fully saturated rings. The van der Waals surface area contributed by atoms with Gasteiger partial charge in [-0.25, -0.2) is 9.67 Å². The zero-order chi connectivity index (χ0) is 13.8. The number of benzene rings is 1.